The average molecular weight is 288 g/mol. The monoisotopic (exact) mass is 288 g/mol. The highest BCUT2D eigenvalue weighted by Crippen LogP contribution is 2.18. The Morgan fingerprint density at radius 2 is 2.05 bits per heavy atom. The van der Waals surface area contributed by atoms with Crippen LogP contribution in [0.4, 0.5) is 4.39 Å². The first-order valence-corrected chi connectivity index (χ1v) is 6.56. The van der Waals surface area contributed by atoms with E-state index in [0.29, 0.717) is 11.1 Å². The zero-order valence-corrected chi connectivity index (χ0v) is 11.7. The summed E-state index contributed by atoms with van der Waals surface area (Å²) < 4.78 is 13.8. The van der Waals surface area contributed by atoms with Gasteiger partial charge in [-0.05, 0) is 36.2 Å². The van der Waals surface area contributed by atoms with E-state index in [1.165, 1.54) is 18.2 Å². The summed E-state index contributed by atoms with van der Waals surface area (Å²) in [4.78, 5) is 12.0. The number of carbonyl (C=O) groups is 1. The predicted molar refractivity (Wildman–Crippen MR) is 78.3 cm³/mol. The van der Waals surface area contributed by atoms with Crippen LogP contribution in [0.1, 0.15) is 27.0 Å². The van der Waals surface area contributed by atoms with Crippen molar-refractivity contribution in [3.63, 3.8) is 0 Å². The Morgan fingerprint density at radius 3 is 2.67 bits per heavy atom. The van der Waals surface area contributed by atoms with Gasteiger partial charge in [0.25, 0.3) is 5.91 Å². The summed E-state index contributed by atoms with van der Waals surface area (Å²) in [6.45, 7) is 2.12. The molecule has 0 aliphatic carbocycles. The summed E-state index contributed by atoms with van der Waals surface area (Å²) in [6, 6.07) is 9.43. The third-order valence-electron chi connectivity index (χ3n) is 3.19. The molecule has 2 aromatic rings. The highest BCUT2D eigenvalue weighted by atomic mass is 19.1. The van der Waals surface area contributed by atoms with Gasteiger partial charge in [0.15, 0.2) is 0 Å². The van der Waals surface area contributed by atoms with Gasteiger partial charge in [0.05, 0.1) is 5.56 Å². The van der Waals surface area contributed by atoms with Gasteiger partial charge in [-0.25, -0.2) is 4.39 Å². The molecule has 2 rings (SSSR count). The Morgan fingerprint density at radius 1 is 1.29 bits per heavy atom. The Kier molecular flexibility index (Phi) is 4.55. The number of nitrogens with one attached hydrogen (secondary N) is 1. The largest absolute Gasteiger partial charge is 0.507 e. The topological polar surface area (TPSA) is 75.4 Å². The molecule has 0 radical (unpaired) electrons. The molecule has 0 bridgehead atoms. The van der Waals surface area contributed by atoms with Crippen molar-refractivity contribution in [1.29, 1.82) is 0 Å². The van der Waals surface area contributed by atoms with Crippen LogP contribution in [0.3, 0.4) is 0 Å². The number of hydrogen-bond donors (Lipinski definition) is 3. The van der Waals surface area contributed by atoms with Crippen molar-refractivity contribution in [1.82, 2.24) is 5.32 Å². The Labute approximate surface area is 122 Å². The summed E-state index contributed by atoms with van der Waals surface area (Å²) in [5.74, 6) is -0.951. The molecule has 0 fully saturated rings. The van der Waals surface area contributed by atoms with Gasteiger partial charge in [-0.1, -0.05) is 18.2 Å². The van der Waals surface area contributed by atoms with Gasteiger partial charge in [0.2, 0.25) is 0 Å². The molecular weight excluding hydrogens is 271 g/mol. The first-order chi connectivity index (χ1) is 10.0. The molecule has 0 saturated heterocycles. The Balaban J connectivity index is 2.07. The first kappa shape index (κ1) is 15.0. The third-order valence-corrected chi connectivity index (χ3v) is 3.19. The molecule has 4 N–H and O–H groups in total. The lowest BCUT2D eigenvalue weighted by atomic mass is 10.1. The maximum absolute atomic E-state index is 13.8. The zero-order chi connectivity index (χ0) is 15.4. The van der Waals surface area contributed by atoms with Crippen molar-refractivity contribution in [2.24, 2.45) is 5.73 Å². The quantitative estimate of drug-likeness (QED) is 0.807. The third kappa shape index (κ3) is 3.58. The van der Waals surface area contributed by atoms with Gasteiger partial charge in [-0.3, -0.25) is 4.79 Å². The minimum atomic E-state index is -0.449. The van der Waals surface area contributed by atoms with E-state index in [4.69, 9.17) is 5.73 Å². The van der Waals surface area contributed by atoms with Crippen LogP contribution in [-0.4, -0.2) is 11.0 Å². The predicted octanol–water partition coefficient (Wildman–Crippen LogP) is 2.23. The van der Waals surface area contributed by atoms with Crippen molar-refractivity contribution in [2.75, 3.05) is 0 Å². The number of rotatable bonds is 4. The van der Waals surface area contributed by atoms with Gasteiger partial charge in [0, 0.05) is 18.7 Å². The second-order valence-electron chi connectivity index (χ2n) is 4.83. The maximum Gasteiger partial charge on any atom is 0.255 e. The summed E-state index contributed by atoms with van der Waals surface area (Å²) in [6.07, 6.45) is 0. The number of phenols is 1. The minimum Gasteiger partial charge on any atom is -0.507 e. The SMILES string of the molecule is Cc1ccc(C(=O)NCc2ccc(CN)cc2F)c(O)c1. The fourth-order valence-electron chi connectivity index (χ4n) is 1.97. The van der Waals surface area contributed by atoms with Crippen molar-refractivity contribution in [3.05, 3.63) is 64.5 Å². The minimum absolute atomic E-state index is 0.0445. The van der Waals surface area contributed by atoms with Crippen LogP contribution in [-0.2, 0) is 13.1 Å². The van der Waals surface area contributed by atoms with Crippen LogP contribution in [0, 0.1) is 12.7 Å². The van der Waals surface area contributed by atoms with E-state index in [1.54, 1.807) is 18.2 Å². The number of amides is 1. The summed E-state index contributed by atoms with van der Waals surface area (Å²) in [5.41, 5.74) is 7.51. The van der Waals surface area contributed by atoms with Crippen molar-refractivity contribution >= 4 is 5.91 Å². The summed E-state index contributed by atoms with van der Waals surface area (Å²) >= 11 is 0. The maximum atomic E-state index is 13.8. The van der Waals surface area contributed by atoms with E-state index in [1.807, 2.05) is 6.92 Å². The van der Waals surface area contributed by atoms with Crippen LogP contribution in [0.15, 0.2) is 36.4 Å². The molecule has 0 unspecified atom stereocenters. The van der Waals surface area contributed by atoms with Crippen LogP contribution in [0.5, 0.6) is 5.75 Å². The van der Waals surface area contributed by atoms with Gasteiger partial charge in [0.1, 0.15) is 11.6 Å². The normalized spacial score (nSPS) is 10.4. The van der Waals surface area contributed by atoms with E-state index < -0.39 is 11.7 Å². The molecule has 4 nitrogen and oxygen atoms in total. The first-order valence-electron chi connectivity index (χ1n) is 6.56. The molecular formula is C16H17FN2O2. The standard InChI is InChI=1S/C16H17FN2O2/c1-10-2-5-13(15(20)6-10)16(21)19-9-12-4-3-11(8-18)7-14(12)17/h2-7,20H,8-9,18H2,1H3,(H,19,21). The molecule has 21 heavy (non-hydrogen) atoms. The van der Waals surface area contributed by atoms with Crippen molar-refractivity contribution < 1.29 is 14.3 Å². The van der Waals surface area contributed by atoms with Crippen LogP contribution >= 0.6 is 0 Å². The molecule has 0 aliphatic rings. The van der Waals surface area contributed by atoms with E-state index in [9.17, 15) is 14.3 Å². The van der Waals surface area contributed by atoms with Crippen LogP contribution in [0.2, 0.25) is 0 Å². The van der Waals surface area contributed by atoms with Crippen LogP contribution in [0.25, 0.3) is 0 Å². The molecule has 0 aliphatic heterocycles. The average Bonchev–Trinajstić information content (AvgIpc) is 2.45. The number of hydrogen-bond acceptors (Lipinski definition) is 3. The molecule has 0 aromatic heterocycles. The lowest BCUT2D eigenvalue weighted by Crippen LogP contribution is -2.23. The number of phenolic OH excluding ortho intramolecular Hbond substituents is 1. The smallest absolute Gasteiger partial charge is 0.255 e. The number of nitrogens with two attached hydrogens (primary N) is 1. The zero-order valence-electron chi connectivity index (χ0n) is 11.7. The van der Waals surface area contributed by atoms with Gasteiger partial charge >= 0.3 is 0 Å². The Hall–Kier alpha value is -2.40. The van der Waals surface area contributed by atoms with Gasteiger partial charge < -0.3 is 16.2 Å². The van der Waals surface area contributed by atoms with Gasteiger partial charge in [-0.2, -0.15) is 0 Å². The lowest BCUT2D eigenvalue weighted by molar-refractivity contribution is 0.0948. The van der Waals surface area contributed by atoms with Crippen molar-refractivity contribution in [2.45, 2.75) is 20.0 Å². The fraction of sp³-hybridized carbons (Fsp3) is 0.188. The number of aromatic hydroxyl groups is 1. The molecule has 5 heteroatoms. The second-order valence-corrected chi connectivity index (χ2v) is 4.83. The molecule has 0 atom stereocenters. The van der Waals surface area contributed by atoms with Gasteiger partial charge in [-0.15, -0.1) is 0 Å². The molecule has 110 valence electrons. The van der Waals surface area contributed by atoms with E-state index >= 15 is 0 Å². The number of carbonyl (C=O) groups excluding carboxylic acids is 1. The van der Waals surface area contributed by atoms with Crippen LogP contribution < -0.4 is 11.1 Å². The van der Waals surface area contributed by atoms with E-state index in [0.717, 1.165) is 5.56 Å². The molecule has 0 heterocycles. The Bertz CT molecular complexity index is 671. The summed E-state index contributed by atoms with van der Waals surface area (Å²) in [5, 5.41) is 12.3. The summed E-state index contributed by atoms with van der Waals surface area (Å²) in [7, 11) is 0. The molecule has 0 saturated carbocycles. The molecule has 0 spiro atoms. The number of halogens is 1. The lowest BCUT2D eigenvalue weighted by Gasteiger charge is -2.09. The van der Waals surface area contributed by atoms with Crippen molar-refractivity contribution in [3.8, 4) is 5.75 Å². The second kappa shape index (κ2) is 6.37. The highest BCUT2D eigenvalue weighted by Gasteiger charge is 2.11. The highest BCUT2D eigenvalue weighted by molar-refractivity contribution is 5.96. The number of aryl methyl sites for hydroxylation is 1. The molecule has 2 aromatic carbocycles. The van der Waals surface area contributed by atoms with E-state index in [2.05, 4.69) is 5.32 Å². The molecule has 1 amide bonds. The fourth-order valence-corrected chi connectivity index (χ4v) is 1.97. The van der Waals surface area contributed by atoms with E-state index in [-0.39, 0.29) is 24.4 Å². The number of benzene rings is 2.